The van der Waals surface area contributed by atoms with Crippen LogP contribution in [0.5, 0.6) is 17.2 Å². The lowest BCUT2D eigenvalue weighted by atomic mass is 9.74. The van der Waals surface area contributed by atoms with Crippen molar-refractivity contribution in [3.63, 3.8) is 0 Å². The van der Waals surface area contributed by atoms with Gasteiger partial charge < -0.3 is 34.8 Å². The molecule has 3 aliphatic rings. The third kappa shape index (κ3) is 4.88. The van der Waals surface area contributed by atoms with Crippen molar-refractivity contribution in [2.45, 2.75) is 76.6 Å². The average Bonchev–Trinajstić information content (AvgIpc) is 2.88. The van der Waals surface area contributed by atoms with E-state index in [-0.39, 0.29) is 33.9 Å². The number of aromatic hydroxyl groups is 2. The number of methoxy groups -OCH3 is 1. The number of benzene rings is 2. The topological polar surface area (TPSA) is 117 Å². The number of carbonyl (C=O) groups is 1. The standard InChI is InChI=1S/C28H33NO7S2/c1-12(30)15-8-19-24(22(9-15)36-23-11-20(29-28(37)38)25(31)13(2)35-23)27(33)18-10-16-14(7-17(18)26(19)32)5-4-6-21(16)34-3/h4-6,13,15,20,22-23,25,31-33H,7-11H2,1-3H3,(H2,29,37,38). The lowest BCUT2D eigenvalue weighted by Gasteiger charge is -2.41. The number of aliphatic hydroxyl groups is 1. The van der Waals surface area contributed by atoms with E-state index in [0.717, 1.165) is 16.9 Å². The van der Waals surface area contributed by atoms with Gasteiger partial charge in [-0.25, -0.2) is 0 Å². The number of nitrogens with one attached hydrogen (secondary N) is 1. The van der Waals surface area contributed by atoms with Gasteiger partial charge in [-0.15, -0.1) is 12.6 Å². The molecule has 204 valence electrons. The second-order valence-corrected chi connectivity index (χ2v) is 11.6. The Kier molecular flexibility index (Phi) is 7.63. The fourth-order valence-corrected chi connectivity index (χ4v) is 6.45. The van der Waals surface area contributed by atoms with Gasteiger partial charge in [-0.3, -0.25) is 4.79 Å². The van der Waals surface area contributed by atoms with Gasteiger partial charge in [-0.05, 0) is 38.3 Å². The minimum atomic E-state index is -0.817. The number of Topliss-reactive ketones (excluding diaryl/α,β-unsaturated/α-hetero) is 1. The summed E-state index contributed by atoms with van der Waals surface area (Å²) in [5.74, 6) is 0.528. The van der Waals surface area contributed by atoms with Crippen LogP contribution in [0.1, 0.15) is 66.2 Å². The van der Waals surface area contributed by atoms with E-state index < -0.39 is 30.6 Å². The number of phenols is 2. The number of rotatable bonds is 5. The van der Waals surface area contributed by atoms with Crippen molar-refractivity contribution in [1.82, 2.24) is 5.32 Å². The lowest BCUT2D eigenvalue weighted by molar-refractivity contribution is -0.244. The molecule has 6 unspecified atom stereocenters. The molecule has 0 radical (unpaired) electrons. The van der Waals surface area contributed by atoms with Crippen LogP contribution >= 0.6 is 24.8 Å². The zero-order chi connectivity index (χ0) is 27.3. The zero-order valence-corrected chi connectivity index (χ0v) is 23.3. The van der Waals surface area contributed by atoms with E-state index >= 15 is 0 Å². The van der Waals surface area contributed by atoms with Crippen LogP contribution in [-0.4, -0.2) is 57.1 Å². The van der Waals surface area contributed by atoms with Crippen molar-refractivity contribution in [3.05, 3.63) is 51.6 Å². The predicted molar refractivity (Wildman–Crippen MR) is 148 cm³/mol. The Morgan fingerprint density at radius 1 is 1.13 bits per heavy atom. The molecule has 1 fully saturated rings. The summed E-state index contributed by atoms with van der Waals surface area (Å²) in [6.07, 6.45) is -1.01. The molecule has 1 saturated heterocycles. The normalized spacial score (nSPS) is 28.0. The van der Waals surface area contributed by atoms with E-state index in [9.17, 15) is 20.1 Å². The Bertz CT molecular complexity index is 1280. The van der Waals surface area contributed by atoms with Gasteiger partial charge in [0.25, 0.3) is 0 Å². The highest BCUT2D eigenvalue weighted by Gasteiger charge is 2.42. The number of aliphatic hydroxyl groups excluding tert-OH is 1. The molecule has 2 aliphatic carbocycles. The van der Waals surface area contributed by atoms with Gasteiger partial charge in [-0.1, -0.05) is 24.4 Å². The molecule has 1 heterocycles. The largest absolute Gasteiger partial charge is 0.507 e. The summed E-state index contributed by atoms with van der Waals surface area (Å²) in [4.78, 5) is 12.5. The van der Waals surface area contributed by atoms with E-state index in [4.69, 9.17) is 26.4 Å². The number of fused-ring (bicyclic) bond motifs is 3. The molecule has 0 bridgehead atoms. The molecule has 0 amide bonds. The van der Waals surface area contributed by atoms with Gasteiger partial charge >= 0.3 is 0 Å². The van der Waals surface area contributed by atoms with Crippen molar-refractivity contribution in [2.75, 3.05) is 7.11 Å². The van der Waals surface area contributed by atoms with Crippen molar-refractivity contribution in [3.8, 4) is 17.2 Å². The Hall–Kier alpha value is -2.37. The number of thiocarbonyl (C=S) groups is 1. The summed E-state index contributed by atoms with van der Waals surface area (Å²) < 4.78 is 18.2. The lowest BCUT2D eigenvalue weighted by Crippen LogP contribution is -2.54. The molecule has 10 heteroatoms. The minimum Gasteiger partial charge on any atom is -0.507 e. The van der Waals surface area contributed by atoms with Crippen LogP contribution in [0.2, 0.25) is 0 Å². The van der Waals surface area contributed by atoms with Gasteiger partial charge in [0.15, 0.2) is 6.29 Å². The third-order valence-corrected chi connectivity index (χ3v) is 8.40. The Morgan fingerprint density at radius 3 is 2.55 bits per heavy atom. The highest BCUT2D eigenvalue weighted by Crippen LogP contribution is 2.51. The second kappa shape index (κ2) is 10.7. The molecule has 0 spiro atoms. The summed E-state index contributed by atoms with van der Waals surface area (Å²) in [5, 5.41) is 36.7. The van der Waals surface area contributed by atoms with E-state index in [1.165, 1.54) is 6.92 Å². The summed E-state index contributed by atoms with van der Waals surface area (Å²) in [5.41, 5.74) is 4.35. The molecule has 4 N–H and O–H groups in total. The Balaban J connectivity index is 1.53. The van der Waals surface area contributed by atoms with Gasteiger partial charge in [0.05, 0.1) is 25.4 Å². The van der Waals surface area contributed by atoms with Crippen LogP contribution in [-0.2, 0) is 33.5 Å². The van der Waals surface area contributed by atoms with E-state index in [1.807, 2.05) is 18.2 Å². The number of hydrogen-bond acceptors (Lipinski definition) is 8. The van der Waals surface area contributed by atoms with Crippen LogP contribution in [0.15, 0.2) is 18.2 Å². The molecule has 2 aromatic rings. The molecule has 1 aliphatic heterocycles. The van der Waals surface area contributed by atoms with E-state index in [0.29, 0.717) is 47.9 Å². The fraction of sp³-hybridized carbons (Fsp3) is 0.500. The number of carbonyl (C=O) groups excluding carboxylic acids is 1. The van der Waals surface area contributed by atoms with Crippen LogP contribution in [0.4, 0.5) is 0 Å². The second-order valence-electron chi connectivity index (χ2n) is 10.4. The molecule has 5 rings (SSSR count). The maximum absolute atomic E-state index is 12.5. The van der Waals surface area contributed by atoms with Crippen molar-refractivity contribution < 1.29 is 34.3 Å². The Morgan fingerprint density at radius 2 is 1.87 bits per heavy atom. The first kappa shape index (κ1) is 27.2. The van der Waals surface area contributed by atoms with E-state index in [2.05, 4.69) is 17.9 Å². The van der Waals surface area contributed by atoms with Crippen LogP contribution < -0.4 is 10.1 Å². The molecule has 2 aromatic carbocycles. The molecule has 38 heavy (non-hydrogen) atoms. The number of thiol groups is 1. The van der Waals surface area contributed by atoms with Gasteiger partial charge in [0, 0.05) is 53.0 Å². The SMILES string of the molecule is COc1cccc2c1Cc1c(O)c3c(c(O)c1C2)CC(C(C)=O)CC3OC1CC(NC(=S)S)C(O)C(C)O1. The molecular weight excluding hydrogens is 526 g/mol. The van der Waals surface area contributed by atoms with Gasteiger partial charge in [0.2, 0.25) is 0 Å². The first-order valence-corrected chi connectivity index (χ1v) is 13.7. The number of ether oxygens (including phenoxy) is 3. The zero-order valence-electron chi connectivity index (χ0n) is 21.6. The number of phenolic OH excluding ortho intramolecular Hbond substituents is 2. The number of ketones is 1. The van der Waals surface area contributed by atoms with Crippen molar-refractivity contribution in [1.29, 1.82) is 0 Å². The maximum Gasteiger partial charge on any atom is 0.160 e. The molecule has 0 saturated carbocycles. The van der Waals surface area contributed by atoms with Crippen molar-refractivity contribution in [2.24, 2.45) is 5.92 Å². The molecule has 0 aromatic heterocycles. The van der Waals surface area contributed by atoms with Gasteiger partial charge in [-0.2, -0.15) is 0 Å². The Labute approximate surface area is 232 Å². The quantitative estimate of drug-likeness (QED) is 0.182. The highest BCUT2D eigenvalue weighted by atomic mass is 32.1. The van der Waals surface area contributed by atoms with Crippen molar-refractivity contribution >= 4 is 35.0 Å². The predicted octanol–water partition coefficient (Wildman–Crippen LogP) is 3.48. The van der Waals surface area contributed by atoms with E-state index in [1.54, 1.807) is 14.0 Å². The fourth-order valence-electron chi connectivity index (χ4n) is 6.13. The molecular formula is C28H33NO7S2. The smallest absolute Gasteiger partial charge is 0.160 e. The third-order valence-electron chi connectivity index (χ3n) is 8.15. The summed E-state index contributed by atoms with van der Waals surface area (Å²) in [7, 11) is 1.62. The first-order valence-electron chi connectivity index (χ1n) is 12.8. The monoisotopic (exact) mass is 559 g/mol. The summed E-state index contributed by atoms with van der Waals surface area (Å²) in [6.45, 7) is 3.28. The first-order chi connectivity index (χ1) is 18.1. The van der Waals surface area contributed by atoms with Crippen LogP contribution in [0.3, 0.4) is 0 Å². The highest BCUT2D eigenvalue weighted by molar-refractivity contribution is 8.11. The average molecular weight is 560 g/mol. The number of hydrogen-bond donors (Lipinski definition) is 5. The maximum atomic E-state index is 12.5. The van der Waals surface area contributed by atoms with Crippen LogP contribution in [0.25, 0.3) is 0 Å². The van der Waals surface area contributed by atoms with Gasteiger partial charge in [0.1, 0.15) is 33.5 Å². The molecule has 8 nitrogen and oxygen atoms in total. The minimum absolute atomic E-state index is 0.00994. The summed E-state index contributed by atoms with van der Waals surface area (Å²) >= 11 is 9.19. The summed E-state index contributed by atoms with van der Waals surface area (Å²) in [6, 6.07) is 5.37. The van der Waals surface area contributed by atoms with Crippen LogP contribution in [0, 0.1) is 5.92 Å². The molecule has 6 atom stereocenters.